The zero-order chi connectivity index (χ0) is 23.2. The molecule has 0 saturated heterocycles. The van der Waals surface area contributed by atoms with Crippen LogP contribution >= 0.6 is 0 Å². The van der Waals surface area contributed by atoms with Gasteiger partial charge in [0.1, 0.15) is 5.82 Å². The van der Waals surface area contributed by atoms with Gasteiger partial charge in [-0.2, -0.15) is 0 Å². The molecule has 2 heterocycles. The standard InChI is InChI=1S/C25H24N4O3S/c1-4-14-29-22-10-6-5-9-21(22)26-24(29)19-12-13-20-18(15-19)8-7-11-23(20)33(30,31)28-25-16(2)17(3)27-32-25/h5-13,15,28H,4,14H2,1-3H3. The molecule has 2 aromatic heterocycles. The molecule has 7 nitrogen and oxygen atoms in total. The zero-order valence-electron chi connectivity index (χ0n) is 18.7. The van der Waals surface area contributed by atoms with Crippen molar-refractivity contribution in [3.8, 4) is 11.4 Å². The summed E-state index contributed by atoms with van der Waals surface area (Å²) in [5.41, 5.74) is 4.28. The zero-order valence-corrected chi connectivity index (χ0v) is 19.5. The third-order valence-electron chi connectivity index (χ3n) is 5.87. The molecule has 0 bridgehead atoms. The predicted molar refractivity (Wildman–Crippen MR) is 130 cm³/mol. The SMILES string of the molecule is CCCn1c(-c2ccc3c(S(=O)(=O)Nc4onc(C)c4C)cccc3c2)nc2ccccc21. The van der Waals surface area contributed by atoms with Gasteiger partial charge in [0.2, 0.25) is 5.88 Å². The number of aryl methyl sites for hydroxylation is 2. The first kappa shape index (κ1) is 21.2. The van der Waals surface area contributed by atoms with Crippen molar-refractivity contribution in [1.29, 1.82) is 0 Å². The normalized spacial score (nSPS) is 12.0. The van der Waals surface area contributed by atoms with E-state index in [4.69, 9.17) is 9.51 Å². The third kappa shape index (κ3) is 3.66. The first-order chi connectivity index (χ1) is 15.9. The number of aromatic nitrogens is 3. The Labute approximate surface area is 192 Å². The van der Waals surface area contributed by atoms with Crippen LogP contribution in [0.25, 0.3) is 33.2 Å². The molecule has 5 aromatic rings. The van der Waals surface area contributed by atoms with Gasteiger partial charge in [-0.05, 0) is 49.9 Å². The molecule has 0 atom stereocenters. The van der Waals surface area contributed by atoms with Crippen LogP contribution in [0, 0.1) is 13.8 Å². The van der Waals surface area contributed by atoms with E-state index >= 15 is 0 Å². The number of hydrogen-bond donors (Lipinski definition) is 1. The Kier molecular flexibility index (Phi) is 5.17. The molecule has 0 unspecified atom stereocenters. The van der Waals surface area contributed by atoms with E-state index in [1.54, 1.807) is 26.0 Å². The highest BCUT2D eigenvalue weighted by Gasteiger charge is 2.22. The minimum Gasteiger partial charge on any atom is -0.337 e. The number of benzene rings is 3. The summed E-state index contributed by atoms with van der Waals surface area (Å²) in [6, 6.07) is 19.1. The van der Waals surface area contributed by atoms with Crippen LogP contribution in [0.15, 0.2) is 70.1 Å². The van der Waals surface area contributed by atoms with Crippen molar-refractivity contribution in [3.63, 3.8) is 0 Å². The second-order valence-corrected chi connectivity index (χ2v) is 9.75. The molecule has 3 aromatic carbocycles. The molecule has 0 amide bonds. The van der Waals surface area contributed by atoms with Crippen LogP contribution in [0.4, 0.5) is 5.88 Å². The Morgan fingerprint density at radius 3 is 2.61 bits per heavy atom. The fourth-order valence-electron chi connectivity index (χ4n) is 4.06. The molecule has 8 heteroatoms. The monoisotopic (exact) mass is 460 g/mol. The summed E-state index contributed by atoms with van der Waals surface area (Å²) >= 11 is 0. The summed E-state index contributed by atoms with van der Waals surface area (Å²) in [7, 11) is -3.87. The van der Waals surface area contributed by atoms with Crippen LogP contribution in [-0.4, -0.2) is 23.1 Å². The predicted octanol–water partition coefficient (Wildman–Crippen LogP) is 5.67. The van der Waals surface area contributed by atoms with E-state index in [-0.39, 0.29) is 10.8 Å². The second kappa shape index (κ2) is 8.04. The maximum atomic E-state index is 13.2. The van der Waals surface area contributed by atoms with Crippen LogP contribution < -0.4 is 4.72 Å². The fraction of sp³-hybridized carbons (Fsp3) is 0.200. The molecule has 0 spiro atoms. The van der Waals surface area contributed by atoms with Crippen molar-refractivity contribution in [2.75, 3.05) is 4.72 Å². The Morgan fingerprint density at radius 1 is 1.03 bits per heavy atom. The van der Waals surface area contributed by atoms with Gasteiger partial charge in [-0.25, -0.2) is 18.1 Å². The first-order valence-corrected chi connectivity index (χ1v) is 12.3. The molecular weight excluding hydrogens is 436 g/mol. The van der Waals surface area contributed by atoms with Crippen molar-refractivity contribution in [3.05, 3.63) is 71.9 Å². The van der Waals surface area contributed by atoms with Crippen LogP contribution in [0.5, 0.6) is 0 Å². The van der Waals surface area contributed by atoms with Crippen LogP contribution in [-0.2, 0) is 16.6 Å². The number of nitrogens with zero attached hydrogens (tertiary/aromatic N) is 3. The van der Waals surface area contributed by atoms with E-state index in [0.717, 1.165) is 40.8 Å². The summed E-state index contributed by atoms with van der Waals surface area (Å²) in [5, 5.41) is 5.27. The highest BCUT2D eigenvalue weighted by Crippen LogP contribution is 2.31. The average Bonchev–Trinajstić information content (AvgIpc) is 3.33. The minimum atomic E-state index is -3.87. The van der Waals surface area contributed by atoms with Crippen LogP contribution in [0.3, 0.4) is 0 Å². The number of hydrogen-bond acceptors (Lipinski definition) is 5. The number of sulfonamides is 1. The molecule has 1 N–H and O–H groups in total. The van der Waals surface area contributed by atoms with E-state index in [0.29, 0.717) is 16.6 Å². The molecular formula is C25H24N4O3S. The Balaban J connectivity index is 1.61. The summed E-state index contributed by atoms with van der Waals surface area (Å²) in [6.07, 6.45) is 0.982. The fourth-order valence-corrected chi connectivity index (χ4v) is 5.34. The van der Waals surface area contributed by atoms with Gasteiger partial charge >= 0.3 is 0 Å². The first-order valence-electron chi connectivity index (χ1n) is 10.8. The highest BCUT2D eigenvalue weighted by molar-refractivity contribution is 7.93. The molecule has 0 aliphatic heterocycles. The molecule has 5 rings (SSSR count). The van der Waals surface area contributed by atoms with E-state index < -0.39 is 10.0 Å². The molecule has 168 valence electrons. The van der Waals surface area contributed by atoms with E-state index in [1.807, 2.05) is 42.5 Å². The number of para-hydroxylation sites is 2. The lowest BCUT2D eigenvalue weighted by atomic mass is 10.1. The molecule has 0 aliphatic carbocycles. The number of imidazole rings is 1. The van der Waals surface area contributed by atoms with E-state index in [9.17, 15) is 8.42 Å². The van der Waals surface area contributed by atoms with E-state index in [2.05, 4.69) is 27.4 Å². The summed E-state index contributed by atoms with van der Waals surface area (Å²) in [5.74, 6) is 1.01. The topological polar surface area (TPSA) is 90.0 Å². The summed E-state index contributed by atoms with van der Waals surface area (Å²) < 4.78 is 36.2. The van der Waals surface area contributed by atoms with Crippen molar-refractivity contribution >= 4 is 37.7 Å². The lowest BCUT2D eigenvalue weighted by Gasteiger charge is -2.11. The maximum absolute atomic E-state index is 13.2. The van der Waals surface area contributed by atoms with Gasteiger partial charge in [0.05, 0.1) is 21.6 Å². The van der Waals surface area contributed by atoms with Gasteiger partial charge in [-0.15, -0.1) is 0 Å². The Morgan fingerprint density at radius 2 is 1.85 bits per heavy atom. The van der Waals surface area contributed by atoms with Gasteiger partial charge in [0.15, 0.2) is 0 Å². The molecule has 0 radical (unpaired) electrons. The number of nitrogens with one attached hydrogen (secondary N) is 1. The Hall–Kier alpha value is -3.65. The molecule has 0 fully saturated rings. The molecule has 0 saturated carbocycles. The highest BCUT2D eigenvalue weighted by atomic mass is 32.2. The lowest BCUT2D eigenvalue weighted by Crippen LogP contribution is -2.13. The quantitative estimate of drug-likeness (QED) is 0.352. The minimum absolute atomic E-state index is 0.134. The summed E-state index contributed by atoms with van der Waals surface area (Å²) in [4.78, 5) is 5.04. The van der Waals surface area contributed by atoms with E-state index in [1.165, 1.54) is 0 Å². The van der Waals surface area contributed by atoms with Crippen molar-refractivity contribution in [2.45, 2.75) is 38.6 Å². The number of fused-ring (bicyclic) bond motifs is 2. The van der Waals surface area contributed by atoms with Crippen molar-refractivity contribution in [2.24, 2.45) is 0 Å². The molecule has 0 aliphatic rings. The Bertz CT molecular complexity index is 1600. The summed E-state index contributed by atoms with van der Waals surface area (Å²) in [6.45, 7) is 6.52. The van der Waals surface area contributed by atoms with Gasteiger partial charge < -0.3 is 9.09 Å². The molecule has 33 heavy (non-hydrogen) atoms. The second-order valence-electron chi connectivity index (χ2n) is 8.10. The average molecular weight is 461 g/mol. The van der Waals surface area contributed by atoms with Gasteiger partial charge in [-0.3, -0.25) is 0 Å². The largest absolute Gasteiger partial charge is 0.337 e. The van der Waals surface area contributed by atoms with Crippen molar-refractivity contribution < 1.29 is 12.9 Å². The van der Waals surface area contributed by atoms with Gasteiger partial charge in [0.25, 0.3) is 10.0 Å². The number of anilines is 1. The lowest BCUT2D eigenvalue weighted by molar-refractivity contribution is 0.430. The van der Waals surface area contributed by atoms with Crippen molar-refractivity contribution in [1.82, 2.24) is 14.7 Å². The number of rotatable bonds is 6. The smallest absolute Gasteiger partial charge is 0.264 e. The third-order valence-corrected chi connectivity index (χ3v) is 7.26. The van der Waals surface area contributed by atoms with Crippen LogP contribution in [0.2, 0.25) is 0 Å². The maximum Gasteiger partial charge on any atom is 0.264 e. The van der Waals surface area contributed by atoms with Gasteiger partial charge in [0, 0.05) is 23.1 Å². The van der Waals surface area contributed by atoms with Crippen LogP contribution in [0.1, 0.15) is 24.6 Å². The van der Waals surface area contributed by atoms with Gasteiger partial charge in [-0.1, -0.05) is 48.5 Å².